The molecule has 1 aliphatic heterocycles. The van der Waals surface area contributed by atoms with E-state index in [1.54, 1.807) is 0 Å². The number of Topliss-reactive ketones (excluding diaryl/α,β-unsaturated/α-hetero) is 1. The van der Waals surface area contributed by atoms with Crippen molar-refractivity contribution in [1.82, 2.24) is 0 Å². The van der Waals surface area contributed by atoms with Crippen LogP contribution in [0.2, 0.25) is 0 Å². The largest absolute Gasteiger partial charge is 0.468 e. The van der Waals surface area contributed by atoms with Crippen molar-refractivity contribution >= 4 is 11.8 Å². The summed E-state index contributed by atoms with van der Waals surface area (Å²) in [6.07, 6.45) is 9.48. The molecule has 120 valence electrons. The normalized spacial score (nSPS) is 28.6. The second-order valence-electron chi connectivity index (χ2n) is 6.54. The van der Waals surface area contributed by atoms with Gasteiger partial charge in [-0.15, -0.1) is 0 Å². The number of unbranched alkanes of at least 4 members (excludes halogenated alkanes) is 2. The lowest BCUT2D eigenvalue weighted by Gasteiger charge is -2.45. The molecule has 0 aromatic rings. The van der Waals surface area contributed by atoms with E-state index < -0.39 is 11.9 Å². The second-order valence-corrected chi connectivity index (χ2v) is 6.54. The summed E-state index contributed by atoms with van der Waals surface area (Å²) in [5, 5.41) is 0. The zero-order valence-electron chi connectivity index (χ0n) is 13.4. The van der Waals surface area contributed by atoms with Crippen LogP contribution in [-0.4, -0.2) is 30.6 Å². The molecule has 1 saturated heterocycles. The fourth-order valence-corrected chi connectivity index (χ4v) is 3.79. The number of ketones is 1. The minimum absolute atomic E-state index is 0.0245. The number of ether oxygens (including phenoxy) is 2. The Labute approximate surface area is 127 Å². The van der Waals surface area contributed by atoms with Crippen molar-refractivity contribution in [3.63, 3.8) is 0 Å². The number of esters is 1. The van der Waals surface area contributed by atoms with Gasteiger partial charge in [0.15, 0.2) is 5.78 Å². The van der Waals surface area contributed by atoms with Crippen LogP contribution in [0.5, 0.6) is 0 Å². The Bertz CT molecular complexity index is 371. The smallest absolute Gasteiger partial charge is 0.318 e. The van der Waals surface area contributed by atoms with Crippen LogP contribution in [-0.2, 0) is 19.1 Å². The van der Waals surface area contributed by atoms with Gasteiger partial charge in [0.25, 0.3) is 0 Å². The molecule has 0 N–H and O–H groups in total. The van der Waals surface area contributed by atoms with Gasteiger partial charge >= 0.3 is 5.97 Å². The molecule has 1 spiro atoms. The van der Waals surface area contributed by atoms with E-state index in [4.69, 9.17) is 9.47 Å². The Balaban J connectivity index is 2.11. The van der Waals surface area contributed by atoms with Gasteiger partial charge in [0.2, 0.25) is 0 Å². The maximum Gasteiger partial charge on any atom is 0.318 e. The quantitative estimate of drug-likeness (QED) is 0.443. The fourth-order valence-electron chi connectivity index (χ4n) is 3.79. The van der Waals surface area contributed by atoms with Crippen LogP contribution in [0, 0.1) is 5.92 Å². The van der Waals surface area contributed by atoms with Gasteiger partial charge in [-0.2, -0.15) is 0 Å². The molecule has 2 aliphatic rings. The van der Waals surface area contributed by atoms with Crippen LogP contribution in [0.15, 0.2) is 0 Å². The van der Waals surface area contributed by atoms with Crippen molar-refractivity contribution < 1.29 is 19.1 Å². The summed E-state index contributed by atoms with van der Waals surface area (Å²) in [7, 11) is 1.35. The summed E-state index contributed by atoms with van der Waals surface area (Å²) in [6.45, 7) is 2.15. The molecule has 2 fully saturated rings. The highest BCUT2D eigenvalue weighted by Crippen LogP contribution is 2.42. The maximum absolute atomic E-state index is 12.5. The van der Waals surface area contributed by atoms with Crippen molar-refractivity contribution in [2.45, 2.75) is 82.8 Å². The van der Waals surface area contributed by atoms with Crippen LogP contribution in [0.3, 0.4) is 0 Å². The van der Waals surface area contributed by atoms with Crippen LogP contribution in [0.25, 0.3) is 0 Å². The number of methoxy groups -OCH3 is 1. The first-order valence-electron chi connectivity index (χ1n) is 8.40. The lowest BCUT2D eigenvalue weighted by Crippen LogP contribution is -2.53. The van der Waals surface area contributed by atoms with E-state index in [2.05, 4.69) is 6.92 Å². The summed E-state index contributed by atoms with van der Waals surface area (Å²) >= 11 is 0. The van der Waals surface area contributed by atoms with E-state index in [0.717, 1.165) is 51.4 Å². The highest BCUT2D eigenvalue weighted by molar-refractivity contribution is 6.00. The first-order valence-corrected chi connectivity index (χ1v) is 8.40. The lowest BCUT2D eigenvalue weighted by atomic mass is 9.75. The molecule has 0 amide bonds. The molecule has 1 heterocycles. The van der Waals surface area contributed by atoms with Crippen molar-refractivity contribution in [3.8, 4) is 0 Å². The summed E-state index contributed by atoms with van der Waals surface area (Å²) in [5.74, 6) is -1.11. The summed E-state index contributed by atoms with van der Waals surface area (Å²) in [4.78, 5) is 24.5. The SMILES string of the molecule is CCCCC[C@@H]1OC2(CCCCC2)CC(=O)[C@H]1C(=O)OC. The van der Waals surface area contributed by atoms with Crippen LogP contribution in [0.1, 0.15) is 71.1 Å². The molecular formula is C17H28O4. The third kappa shape index (κ3) is 3.85. The third-order valence-electron chi connectivity index (χ3n) is 4.93. The third-order valence-corrected chi connectivity index (χ3v) is 4.93. The molecule has 1 aliphatic carbocycles. The van der Waals surface area contributed by atoms with E-state index in [9.17, 15) is 9.59 Å². The van der Waals surface area contributed by atoms with Crippen LogP contribution < -0.4 is 0 Å². The maximum atomic E-state index is 12.5. The number of carbonyl (C=O) groups is 2. The molecule has 2 atom stereocenters. The molecule has 1 saturated carbocycles. The first-order chi connectivity index (χ1) is 10.1. The Kier molecular flexibility index (Phi) is 5.80. The van der Waals surface area contributed by atoms with Crippen molar-refractivity contribution in [2.24, 2.45) is 5.92 Å². The molecule has 4 heteroatoms. The molecule has 4 nitrogen and oxygen atoms in total. The molecule has 0 bridgehead atoms. The summed E-state index contributed by atoms with van der Waals surface area (Å²) in [6, 6.07) is 0. The zero-order valence-corrected chi connectivity index (χ0v) is 13.4. The minimum atomic E-state index is -0.709. The topological polar surface area (TPSA) is 52.6 Å². The van der Waals surface area contributed by atoms with Crippen molar-refractivity contribution in [2.75, 3.05) is 7.11 Å². The van der Waals surface area contributed by atoms with Gasteiger partial charge < -0.3 is 9.47 Å². The van der Waals surface area contributed by atoms with Gasteiger partial charge in [0, 0.05) is 6.42 Å². The van der Waals surface area contributed by atoms with Gasteiger partial charge in [0.1, 0.15) is 5.92 Å². The average Bonchev–Trinajstić information content (AvgIpc) is 2.47. The van der Waals surface area contributed by atoms with E-state index >= 15 is 0 Å². The standard InChI is InChI=1S/C17H28O4/c1-3-4-6-9-14-15(16(19)20-2)13(18)12-17(21-14)10-7-5-8-11-17/h14-15H,3-12H2,1-2H3/t14-,15+/m0/s1. The van der Waals surface area contributed by atoms with Crippen molar-refractivity contribution in [3.05, 3.63) is 0 Å². The van der Waals surface area contributed by atoms with Gasteiger partial charge in [-0.3, -0.25) is 9.59 Å². The summed E-state index contributed by atoms with van der Waals surface area (Å²) < 4.78 is 11.2. The lowest BCUT2D eigenvalue weighted by molar-refractivity contribution is -0.190. The fraction of sp³-hybridized carbons (Fsp3) is 0.882. The Morgan fingerprint density at radius 3 is 2.62 bits per heavy atom. The molecule has 0 unspecified atom stereocenters. The number of rotatable bonds is 5. The van der Waals surface area contributed by atoms with E-state index in [1.807, 2.05) is 0 Å². The van der Waals surface area contributed by atoms with Gasteiger partial charge in [-0.25, -0.2) is 0 Å². The summed E-state index contributed by atoms with van der Waals surface area (Å²) in [5.41, 5.74) is -0.295. The minimum Gasteiger partial charge on any atom is -0.468 e. The van der Waals surface area contributed by atoms with E-state index in [-0.39, 0.29) is 17.5 Å². The Hall–Kier alpha value is -0.900. The predicted octanol–water partition coefficient (Wildman–Crippen LogP) is 3.42. The van der Waals surface area contributed by atoms with Gasteiger partial charge in [-0.1, -0.05) is 45.4 Å². The molecule has 21 heavy (non-hydrogen) atoms. The van der Waals surface area contributed by atoms with Crippen LogP contribution in [0.4, 0.5) is 0 Å². The molecule has 0 aromatic heterocycles. The highest BCUT2D eigenvalue weighted by Gasteiger charge is 2.49. The van der Waals surface area contributed by atoms with Crippen molar-refractivity contribution in [1.29, 1.82) is 0 Å². The van der Waals surface area contributed by atoms with Gasteiger partial charge in [0.05, 0.1) is 18.8 Å². The molecular weight excluding hydrogens is 268 g/mol. The highest BCUT2D eigenvalue weighted by atomic mass is 16.5. The number of hydrogen-bond donors (Lipinski definition) is 0. The second kappa shape index (κ2) is 7.39. The molecule has 2 rings (SSSR count). The zero-order chi connectivity index (χ0) is 15.3. The Morgan fingerprint density at radius 1 is 1.29 bits per heavy atom. The predicted molar refractivity (Wildman–Crippen MR) is 80.0 cm³/mol. The monoisotopic (exact) mass is 296 g/mol. The Morgan fingerprint density at radius 2 is 2.00 bits per heavy atom. The average molecular weight is 296 g/mol. The molecule has 0 radical (unpaired) electrons. The van der Waals surface area contributed by atoms with E-state index in [1.165, 1.54) is 13.5 Å². The number of hydrogen-bond acceptors (Lipinski definition) is 4. The first kappa shape index (κ1) is 16.5. The van der Waals surface area contributed by atoms with Crippen LogP contribution >= 0.6 is 0 Å². The van der Waals surface area contributed by atoms with Gasteiger partial charge in [-0.05, 0) is 19.3 Å². The van der Waals surface area contributed by atoms with E-state index in [0.29, 0.717) is 6.42 Å². The molecule has 0 aromatic carbocycles. The number of carbonyl (C=O) groups excluding carboxylic acids is 2.